The van der Waals surface area contributed by atoms with Gasteiger partial charge in [-0.15, -0.1) is 0 Å². The number of halogens is 1. The Kier molecular flexibility index (Phi) is 2.47. The minimum atomic E-state index is -0.852. The molecule has 0 aromatic rings. The molecule has 0 heterocycles. The maximum atomic E-state index is 10.7. The van der Waals surface area contributed by atoms with Crippen LogP contribution in [0.1, 0.15) is 39.5 Å². The molecule has 4 heteroatoms. The van der Waals surface area contributed by atoms with Gasteiger partial charge in [0.2, 0.25) is 0 Å². The van der Waals surface area contributed by atoms with Crippen LogP contribution < -0.4 is 0 Å². The van der Waals surface area contributed by atoms with Gasteiger partial charge in [0.15, 0.2) is 0 Å². The number of hydrogen-bond donors (Lipinski definition) is 0. The Labute approximate surface area is 80.8 Å². The number of nitro groups is 1. The summed E-state index contributed by atoms with van der Waals surface area (Å²) in [5.74, 6) is 0. The lowest BCUT2D eigenvalue weighted by atomic mass is 9.75. The van der Waals surface area contributed by atoms with Crippen molar-refractivity contribution in [3.63, 3.8) is 0 Å². The normalized spacial score (nSPS) is 34.6. The molecule has 0 spiro atoms. The summed E-state index contributed by atoms with van der Waals surface area (Å²) in [6, 6.07) is 0. The third-order valence-electron chi connectivity index (χ3n) is 2.49. The summed E-state index contributed by atoms with van der Waals surface area (Å²) in [5, 5.41) is 10.7. The van der Waals surface area contributed by atoms with Crippen LogP contribution in [0.5, 0.6) is 0 Å². The molecule has 0 aromatic carbocycles. The van der Waals surface area contributed by atoms with E-state index < -0.39 is 4.45 Å². The summed E-state index contributed by atoms with van der Waals surface area (Å²) in [7, 11) is 0. The van der Waals surface area contributed by atoms with Gasteiger partial charge < -0.3 is 0 Å². The molecule has 0 aliphatic heterocycles. The largest absolute Gasteiger partial charge is 0.275 e. The smallest absolute Gasteiger partial charge is 0.263 e. The highest BCUT2D eigenvalue weighted by atomic mass is 79.9. The summed E-state index contributed by atoms with van der Waals surface area (Å²) in [6.45, 7) is 4.18. The summed E-state index contributed by atoms with van der Waals surface area (Å²) in [5.41, 5.74) is 0.106. The highest BCUT2D eigenvalue weighted by Crippen LogP contribution is 2.45. The van der Waals surface area contributed by atoms with Crippen molar-refractivity contribution < 1.29 is 4.92 Å². The zero-order chi connectivity index (χ0) is 9.41. The van der Waals surface area contributed by atoms with Crippen LogP contribution >= 0.6 is 15.9 Å². The highest BCUT2D eigenvalue weighted by molar-refractivity contribution is 9.10. The second-order valence-electron chi connectivity index (χ2n) is 4.37. The van der Waals surface area contributed by atoms with Gasteiger partial charge in [0.05, 0.1) is 0 Å². The first kappa shape index (κ1) is 9.96. The molecule has 1 atom stereocenters. The van der Waals surface area contributed by atoms with Crippen molar-refractivity contribution in [2.75, 3.05) is 0 Å². The molecule has 3 nitrogen and oxygen atoms in total. The second kappa shape index (κ2) is 2.98. The van der Waals surface area contributed by atoms with Crippen molar-refractivity contribution in [3.8, 4) is 0 Å². The average Bonchev–Trinajstić information content (AvgIpc) is 1.83. The molecule has 1 fully saturated rings. The van der Waals surface area contributed by atoms with Crippen LogP contribution in [0.4, 0.5) is 0 Å². The SMILES string of the molecule is CC1(C)CCCC(Br)([N+](=O)[O-])C1. The third kappa shape index (κ3) is 1.97. The monoisotopic (exact) mass is 235 g/mol. The number of rotatable bonds is 1. The quantitative estimate of drug-likeness (QED) is 0.304. The molecule has 0 saturated heterocycles. The van der Waals surface area contributed by atoms with Gasteiger partial charge in [-0.1, -0.05) is 13.8 Å². The molecule has 0 radical (unpaired) electrons. The first-order valence-electron chi connectivity index (χ1n) is 4.19. The Morgan fingerprint density at radius 1 is 1.42 bits per heavy atom. The minimum absolute atomic E-state index is 0.106. The molecular weight excluding hydrogens is 222 g/mol. The van der Waals surface area contributed by atoms with Gasteiger partial charge >= 0.3 is 0 Å². The van der Waals surface area contributed by atoms with Gasteiger partial charge in [-0.2, -0.15) is 0 Å². The molecular formula is C8H14BrNO2. The summed E-state index contributed by atoms with van der Waals surface area (Å²) in [6.07, 6.45) is 3.32. The van der Waals surface area contributed by atoms with E-state index >= 15 is 0 Å². The van der Waals surface area contributed by atoms with Crippen molar-refractivity contribution in [3.05, 3.63) is 10.1 Å². The van der Waals surface area contributed by atoms with E-state index in [0.29, 0.717) is 12.8 Å². The van der Waals surface area contributed by atoms with Crippen LogP contribution in [-0.2, 0) is 0 Å². The van der Waals surface area contributed by atoms with E-state index in [0.717, 1.165) is 12.8 Å². The zero-order valence-electron chi connectivity index (χ0n) is 7.47. The molecule has 1 saturated carbocycles. The maximum absolute atomic E-state index is 10.7. The lowest BCUT2D eigenvalue weighted by Crippen LogP contribution is -2.40. The minimum Gasteiger partial charge on any atom is -0.263 e. The molecule has 1 rings (SSSR count). The van der Waals surface area contributed by atoms with Crippen LogP contribution in [0, 0.1) is 15.5 Å². The first-order chi connectivity index (χ1) is 5.36. The molecule has 1 aliphatic rings. The molecule has 1 unspecified atom stereocenters. The van der Waals surface area contributed by atoms with E-state index in [1.54, 1.807) is 0 Å². The number of nitrogens with zero attached hydrogens (tertiary/aromatic N) is 1. The fourth-order valence-corrected chi connectivity index (χ4v) is 2.94. The van der Waals surface area contributed by atoms with Gasteiger partial charge in [-0.25, -0.2) is 0 Å². The molecule has 1 aliphatic carbocycles. The zero-order valence-corrected chi connectivity index (χ0v) is 9.06. The fourth-order valence-electron chi connectivity index (χ4n) is 1.90. The Morgan fingerprint density at radius 3 is 2.33 bits per heavy atom. The highest BCUT2D eigenvalue weighted by Gasteiger charge is 2.47. The van der Waals surface area contributed by atoms with Crippen LogP contribution in [0.2, 0.25) is 0 Å². The van der Waals surface area contributed by atoms with Gasteiger partial charge in [-0.05, 0) is 18.3 Å². The van der Waals surface area contributed by atoms with Gasteiger partial charge in [0.1, 0.15) is 0 Å². The summed E-state index contributed by atoms with van der Waals surface area (Å²) < 4.78 is -0.852. The van der Waals surface area contributed by atoms with Gasteiger partial charge in [0.25, 0.3) is 4.45 Å². The molecule has 12 heavy (non-hydrogen) atoms. The third-order valence-corrected chi connectivity index (χ3v) is 3.46. The first-order valence-corrected chi connectivity index (χ1v) is 4.98. The molecule has 0 bridgehead atoms. The Balaban J connectivity index is 2.74. The summed E-state index contributed by atoms with van der Waals surface area (Å²) >= 11 is 3.24. The van der Waals surface area contributed by atoms with Crippen molar-refractivity contribution in [1.29, 1.82) is 0 Å². The second-order valence-corrected chi connectivity index (χ2v) is 5.85. The predicted octanol–water partition coefficient (Wildman–Crippen LogP) is 2.95. The van der Waals surface area contributed by atoms with Crippen LogP contribution in [0.3, 0.4) is 0 Å². The van der Waals surface area contributed by atoms with E-state index in [-0.39, 0.29) is 10.3 Å². The van der Waals surface area contributed by atoms with Crippen molar-refractivity contribution in [2.24, 2.45) is 5.41 Å². The Bertz CT molecular complexity index is 205. The van der Waals surface area contributed by atoms with Gasteiger partial charge in [0, 0.05) is 33.7 Å². The Hall–Kier alpha value is -0.120. The van der Waals surface area contributed by atoms with Crippen LogP contribution in [-0.4, -0.2) is 9.37 Å². The van der Waals surface area contributed by atoms with E-state index in [4.69, 9.17) is 0 Å². The standard InChI is InChI=1S/C8H14BrNO2/c1-7(2)4-3-5-8(9,6-7)10(11)12/h3-6H2,1-2H3. The van der Waals surface area contributed by atoms with E-state index in [2.05, 4.69) is 29.8 Å². The summed E-state index contributed by atoms with van der Waals surface area (Å²) in [4.78, 5) is 10.5. The fraction of sp³-hybridized carbons (Fsp3) is 1.00. The van der Waals surface area contributed by atoms with Gasteiger partial charge in [-0.3, -0.25) is 10.1 Å². The lowest BCUT2D eigenvalue weighted by Gasteiger charge is -2.35. The number of hydrogen-bond acceptors (Lipinski definition) is 2. The van der Waals surface area contributed by atoms with E-state index in [1.165, 1.54) is 0 Å². The van der Waals surface area contributed by atoms with E-state index in [1.807, 2.05) is 0 Å². The average molecular weight is 236 g/mol. The molecule has 0 N–H and O–H groups in total. The lowest BCUT2D eigenvalue weighted by molar-refractivity contribution is -0.543. The maximum Gasteiger partial charge on any atom is 0.275 e. The molecule has 0 amide bonds. The van der Waals surface area contributed by atoms with E-state index in [9.17, 15) is 10.1 Å². The van der Waals surface area contributed by atoms with Crippen LogP contribution in [0.15, 0.2) is 0 Å². The number of alkyl halides is 1. The van der Waals surface area contributed by atoms with Crippen molar-refractivity contribution in [1.82, 2.24) is 0 Å². The topological polar surface area (TPSA) is 43.1 Å². The molecule has 0 aromatic heterocycles. The predicted molar refractivity (Wildman–Crippen MR) is 50.9 cm³/mol. The van der Waals surface area contributed by atoms with Crippen molar-refractivity contribution >= 4 is 15.9 Å². The van der Waals surface area contributed by atoms with Crippen LogP contribution in [0.25, 0.3) is 0 Å². The van der Waals surface area contributed by atoms with Crippen molar-refractivity contribution in [2.45, 2.75) is 44.0 Å². The Morgan fingerprint density at radius 2 is 2.00 bits per heavy atom. The molecule has 70 valence electrons.